The monoisotopic (exact) mass is 325 g/mol. The van der Waals surface area contributed by atoms with Gasteiger partial charge < -0.3 is 15.4 Å². The first-order valence-corrected chi connectivity index (χ1v) is 7.24. The van der Waals surface area contributed by atoms with Crippen molar-refractivity contribution in [1.82, 2.24) is 9.55 Å². The number of ether oxygens (including phenoxy) is 1. The van der Waals surface area contributed by atoms with Crippen molar-refractivity contribution in [2.75, 3.05) is 12.3 Å². The average Bonchev–Trinajstić information content (AvgIpc) is 2.61. The summed E-state index contributed by atoms with van der Waals surface area (Å²) < 4.78 is 54.2. The quantitative estimate of drug-likeness (QED) is 0.684. The van der Waals surface area contributed by atoms with Crippen LogP contribution in [-0.4, -0.2) is 39.2 Å². The van der Waals surface area contributed by atoms with E-state index in [9.17, 15) is 18.1 Å². The van der Waals surface area contributed by atoms with E-state index >= 15 is 0 Å². The Morgan fingerprint density at radius 1 is 1.57 bits per heavy atom. The lowest BCUT2D eigenvalue weighted by Crippen LogP contribution is -2.44. The summed E-state index contributed by atoms with van der Waals surface area (Å²) in [5.74, 6) is -3.86. The largest absolute Gasteiger partial charge is 0.472 e. The summed E-state index contributed by atoms with van der Waals surface area (Å²) in [6.07, 6.45) is -4.32. The molecule has 0 amide bonds. The fourth-order valence-corrected chi connectivity index (χ4v) is 3.14. The van der Waals surface area contributed by atoms with E-state index in [0.717, 1.165) is 12.3 Å². The molecule has 3 N–H and O–H groups in total. The number of aromatic nitrogens is 2. The Bertz CT molecular complexity index is 682. The molecule has 2 aliphatic heterocycles. The number of nitrogens with zero attached hydrogens (tertiary/aromatic N) is 2. The molecule has 1 unspecified atom stereocenters. The molecule has 0 aliphatic carbocycles. The highest BCUT2D eigenvalue weighted by Crippen LogP contribution is 2.56. The number of alkyl halides is 2. The summed E-state index contributed by atoms with van der Waals surface area (Å²) in [5.41, 5.74) is 4.24. The third-order valence-corrected chi connectivity index (χ3v) is 4.07. The Kier molecular flexibility index (Phi) is 3.15. The minimum Gasteiger partial charge on any atom is -0.383 e. The molecule has 3 heterocycles. The van der Waals surface area contributed by atoms with Crippen molar-refractivity contribution in [1.29, 1.82) is 0 Å². The smallest absolute Gasteiger partial charge is 0.383 e. The van der Waals surface area contributed by atoms with Crippen LogP contribution in [0.3, 0.4) is 0 Å². The standard InChI is InChI=1S/C9H10F2N3O6P/c10-9(11)6-4(3-18-21(16,17)20-6)19-7(9)14-2-1-5(12)13-8(14)15/h1-2,4,6-7H,3H2,(H,16,17)(H2,12,13,15)/t4-,6-,7-/m1/s1. The molecule has 2 aliphatic rings. The first-order valence-electron chi connectivity index (χ1n) is 5.74. The van der Waals surface area contributed by atoms with E-state index in [-0.39, 0.29) is 5.82 Å². The fraction of sp³-hybridized carbons (Fsp3) is 0.556. The molecule has 1 aromatic rings. The molecule has 21 heavy (non-hydrogen) atoms. The Morgan fingerprint density at radius 2 is 2.29 bits per heavy atom. The van der Waals surface area contributed by atoms with Gasteiger partial charge in [-0.15, -0.1) is 0 Å². The molecule has 0 bridgehead atoms. The van der Waals surface area contributed by atoms with Gasteiger partial charge in [-0.3, -0.25) is 13.6 Å². The first kappa shape index (κ1) is 14.5. The minimum atomic E-state index is -4.56. The van der Waals surface area contributed by atoms with E-state index in [1.165, 1.54) is 0 Å². The van der Waals surface area contributed by atoms with Crippen molar-refractivity contribution < 1.29 is 32.0 Å². The lowest BCUT2D eigenvalue weighted by Gasteiger charge is -2.29. The second-order valence-corrected chi connectivity index (χ2v) is 5.94. The lowest BCUT2D eigenvalue weighted by atomic mass is 10.1. The van der Waals surface area contributed by atoms with Crippen LogP contribution in [0.15, 0.2) is 17.1 Å². The summed E-state index contributed by atoms with van der Waals surface area (Å²) in [5, 5.41) is 0. The predicted octanol–water partition coefficient (Wildman–Crippen LogP) is -0.126. The zero-order valence-electron chi connectivity index (χ0n) is 10.3. The molecule has 0 spiro atoms. The Morgan fingerprint density at radius 3 is 2.95 bits per heavy atom. The Hall–Kier alpha value is -1.39. The lowest BCUT2D eigenvalue weighted by molar-refractivity contribution is -0.137. The normalized spacial score (nSPS) is 38.1. The number of halogens is 2. The van der Waals surface area contributed by atoms with Crippen LogP contribution in [0.4, 0.5) is 14.6 Å². The van der Waals surface area contributed by atoms with Crippen molar-refractivity contribution >= 4 is 13.6 Å². The van der Waals surface area contributed by atoms with Crippen LogP contribution in [0, 0.1) is 0 Å². The van der Waals surface area contributed by atoms with Gasteiger partial charge in [0.15, 0.2) is 6.10 Å². The van der Waals surface area contributed by atoms with Crippen LogP contribution in [-0.2, 0) is 18.3 Å². The van der Waals surface area contributed by atoms with Gasteiger partial charge in [-0.05, 0) is 6.07 Å². The molecular formula is C9H10F2N3O6P. The Balaban J connectivity index is 1.98. The molecule has 9 nitrogen and oxygen atoms in total. The fourth-order valence-electron chi connectivity index (χ4n) is 2.18. The number of rotatable bonds is 1. The zero-order chi connectivity index (χ0) is 15.4. The van der Waals surface area contributed by atoms with Gasteiger partial charge in [0.2, 0.25) is 6.23 Å². The molecular weight excluding hydrogens is 315 g/mol. The average molecular weight is 325 g/mol. The molecule has 4 atom stereocenters. The van der Waals surface area contributed by atoms with E-state index in [4.69, 9.17) is 15.4 Å². The van der Waals surface area contributed by atoms with E-state index in [0.29, 0.717) is 4.57 Å². The second kappa shape index (κ2) is 4.55. The summed E-state index contributed by atoms with van der Waals surface area (Å²) in [7, 11) is -4.56. The third kappa shape index (κ3) is 2.36. The van der Waals surface area contributed by atoms with Crippen molar-refractivity contribution in [3.8, 4) is 0 Å². The van der Waals surface area contributed by atoms with Gasteiger partial charge in [-0.1, -0.05) is 0 Å². The molecule has 2 fully saturated rings. The molecule has 1 aromatic heterocycles. The van der Waals surface area contributed by atoms with Crippen LogP contribution >= 0.6 is 7.82 Å². The number of hydrogen-bond acceptors (Lipinski definition) is 7. The van der Waals surface area contributed by atoms with Gasteiger partial charge in [0.05, 0.1) is 6.61 Å². The summed E-state index contributed by atoms with van der Waals surface area (Å²) >= 11 is 0. The summed E-state index contributed by atoms with van der Waals surface area (Å²) in [6.45, 7) is -0.554. The van der Waals surface area contributed by atoms with Crippen molar-refractivity contribution in [2.24, 2.45) is 0 Å². The van der Waals surface area contributed by atoms with Gasteiger partial charge in [-0.2, -0.15) is 13.8 Å². The molecule has 0 aromatic carbocycles. The molecule has 3 rings (SSSR count). The van der Waals surface area contributed by atoms with Crippen molar-refractivity contribution in [3.63, 3.8) is 0 Å². The number of nitrogens with two attached hydrogens (primary N) is 1. The van der Waals surface area contributed by atoms with Gasteiger partial charge in [-0.25, -0.2) is 9.36 Å². The Labute approximate surface area is 115 Å². The number of phosphoric acid groups is 1. The van der Waals surface area contributed by atoms with Gasteiger partial charge in [0.25, 0.3) is 0 Å². The van der Waals surface area contributed by atoms with Crippen LogP contribution in [0.25, 0.3) is 0 Å². The van der Waals surface area contributed by atoms with Gasteiger partial charge >= 0.3 is 19.4 Å². The highest BCUT2D eigenvalue weighted by molar-refractivity contribution is 7.47. The minimum absolute atomic E-state index is 0.130. The number of phosphoric ester groups is 1. The van der Waals surface area contributed by atoms with E-state index < -0.39 is 44.5 Å². The highest BCUT2D eigenvalue weighted by Gasteiger charge is 2.64. The van der Waals surface area contributed by atoms with Crippen LogP contribution in [0.1, 0.15) is 6.23 Å². The summed E-state index contributed by atoms with van der Waals surface area (Å²) in [6, 6.07) is 1.15. The SMILES string of the molecule is Nc1ccn([C@@H]2O[C@@H]3COP(=O)(O)O[C@H]3C2(F)F)c(=O)n1. The number of nitrogen functional groups attached to an aromatic ring is 1. The van der Waals surface area contributed by atoms with Gasteiger partial charge in [0, 0.05) is 6.20 Å². The van der Waals surface area contributed by atoms with Crippen molar-refractivity contribution in [2.45, 2.75) is 24.4 Å². The first-order chi connectivity index (χ1) is 9.71. The topological polar surface area (TPSA) is 126 Å². The maximum Gasteiger partial charge on any atom is 0.472 e. The number of anilines is 1. The molecule has 0 saturated carbocycles. The molecule has 2 saturated heterocycles. The van der Waals surface area contributed by atoms with Crippen LogP contribution < -0.4 is 11.4 Å². The van der Waals surface area contributed by atoms with E-state index in [1.54, 1.807) is 0 Å². The maximum absolute atomic E-state index is 14.3. The zero-order valence-corrected chi connectivity index (χ0v) is 11.2. The third-order valence-electron chi connectivity index (χ3n) is 3.10. The molecule has 12 heteroatoms. The molecule has 116 valence electrons. The van der Waals surface area contributed by atoms with E-state index in [1.807, 2.05) is 0 Å². The predicted molar refractivity (Wildman–Crippen MR) is 62.4 cm³/mol. The second-order valence-electron chi connectivity index (χ2n) is 4.53. The maximum atomic E-state index is 14.3. The van der Waals surface area contributed by atoms with E-state index in [2.05, 4.69) is 14.0 Å². The highest BCUT2D eigenvalue weighted by atomic mass is 31.2. The van der Waals surface area contributed by atoms with Crippen LogP contribution in [0.5, 0.6) is 0 Å². The number of fused-ring (bicyclic) bond motifs is 1. The summed E-state index contributed by atoms with van der Waals surface area (Å²) in [4.78, 5) is 24.1. The molecule has 0 radical (unpaired) electrons. The van der Waals surface area contributed by atoms with Crippen LogP contribution in [0.2, 0.25) is 0 Å². The number of hydrogen-bond donors (Lipinski definition) is 2. The van der Waals surface area contributed by atoms with Gasteiger partial charge in [0.1, 0.15) is 11.9 Å². The van der Waals surface area contributed by atoms with Crippen molar-refractivity contribution in [3.05, 3.63) is 22.7 Å².